The van der Waals surface area contributed by atoms with E-state index in [1.54, 1.807) is 0 Å². The maximum Gasteiger partial charge on any atom is 0.0926 e. The lowest BCUT2D eigenvalue weighted by atomic mass is 10.0. The molecular formula is C7H15NO. The molecule has 1 fully saturated rings. The van der Waals surface area contributed by atoms with Crippen LogP contribution in [0, 0.1) is 0 Å². The van der Waals surface area contributed by atoms with Crippen LogP contribution in [0.2, 0.25) is 0 Å². The molecule has 1 N–H and O–H groups in total. The number of nitrogens with one attached hydrogen (secondary N) is 1. The summed E-state index contributed by atoms with van der Waals surface area (Å²) in [6, 6.07) is 0. The fraction of sp³-hybridized carbons (Fsp3) is 1.00. The highest BCUT2D eigenvalue weighted by atomic mass is 16.6. The van der Waals surface area contributed by atoms with E-state index in [4.69, 9.17) is 4.74 Å². The van der Waals surface area contributed by atoms with Crippen LogP contribution in [0.5, 0.6) is 0 Å². The average molecular weight is 129 g/mol. The third-order valence-corrected chi connectivity index (χ3v) is 2.03. The summed E-state index contributed by atoms with van der Waals surface area (Å²) in [4.78, 5) is 0. The van der Waals surface area contributed by atoms with E-state index < -0.39 is 0 Å². The van der Waals surface area contributed by atoms with Gasteiger partial charge in [0.1, 0.15) is 0 Å². The molecule has 0 aromatic carbocycles. The summed E-state index contributed by atoms with van der Waals surface area (Å²) in [5.41, 5.74) is 0.281. The molecule has 0 spiro atoms. The fourth-order valence-electron chi connectivity index (χ4n) is 0.980. The summed E-state index contributed by atoms with van der Waals surface area (Å²) in [7, 11) is 1.98. The molecule has 0 aliphatic carbocycles. The third-order valence-electron chi connectivity index (χ3n) is 2.03. The molecule has 2 nitrogen and oxygen atoms in total. The van der Waals surface area contributed by atoms with E-state index in [2.05, 4.69) is 12.2 Å². The quantitative estimate of drug-likeness (QED) is 0.567. The largest absolute Gasteiger partial charge is 0.370 e. The van der Waals surface area contributed by atoms with Gasteiger partial charge < -0.3 is 10.1 Å². The van der Waals surface area contributed by atoms with Crippen LogP contribution in [0.25, 0.3) is 0 Å². The number of rotatable bonds is 4. The van der Waals surface area contributed by atoms with Crippen LogP contribution in [-0.4, -0.2) is 25.8 Å². The van der Waals surface area contributed by atoms with E-state index in [9.17, 15) is 0 Å². The molecule has 1 heterocycles. The van der Waals surface area contributed by atoms with Crippen molar-refractivity contribution in [3.05, 3.63) is 0 Å². The van der Waals surface area contributed by atoms with Crippen molar-refractivity contribution >= 4 is 0 Å². The van der Waals surface area contributed by atoms with Gasteiger partial charge in [-0.3, -0.25) is 0 Å². The molecule has 1 aliphatic heterocycles. The monoisotopic (exact) mass is 129 g/mol. The Balaban J connectivity index is 2.10. The zero-order valence-electron chi connectivity index (χ0n) is 6.24. The Hall–Kier alpha value is -0.0800. The van der Waals surface area contributed by atoms with E-state index in [1.165, 1.54) is 6.42 Å². The third kappa shape index (κ3) is 1.66. The van der Waals surface area contributed by atoms with Crippen LogP contribution in [0.1, 0.15) is 19.8 Å². The summed E-state index contributed by atoms with van der Waals surface area (Å²) < 4.78 is 5.31. The minimum absolute atomic E-state index is 0.281. The summed E-state index contributed by atoms with van der Waals surface area (Å²) in [6.45, 7) is 4.24. The van der Waals surface area contributed by atoms with E-state index in [1.807, 2.05) is 7.05 Å². The molecule has 0 radical (unpaired) electrons. The molecule has 0 amide bonds. The first-order chi connectivity index (χ1) is 4.33. The van der Waals surface area contributed by atoms with Gasteiger partial charge in [0.25, 0.3) is 0 Å². The van der Waals surface area contributed by atoms with Gasteiger partial charge in [-0.1, -0.05) is 6.92 Å². The van der Waals surface area contributed by atoms with Crippen molar-refractivity contribution < 1.29 is 4.74 Å². The normalized spacial score (nSPS) is 32.7. The lowest BCUT2D eigenvalue weighted by Gasteiger charge is -2.06. The fourth-order valence-corrected chi connectivity index (χ4v) is 0.980. The maximum atomic E-state index is 5.31. The van der Waals surface area contributed by atoms with Crippen molar-refractivity contribution in [3.63, 3.8) is 0 Å². The molecular weight excluding hydrogens is 114 g/mol. The first-order valence-electron chi connectivity index (χ1n) is 3.61. The van der Waals surface area contributed by atoms with Crippen molar-refractivity contribution in [3.8, 4) is 0 Å². The number of ether oxygens (including phenoxy) is 1. The highest BCUT2D eigenvalue weighted by molar-refractivity contribution is 4.90. The SMILES string of the molecule is CCC1(CCNC)CO1. The molecule has 54 valence electrons. The summed E-state index contributed by atoms with van der Waals surface area (Å²) in [6.07, 6.45) is 2.33. The predicted molar refractivity (Wildman–Crippen MR) is 37.5 cm³/mol. The van der Waals surface area contributed by atoms with Crippen LogP contribution in [-0.2, 0) is 4.74 Å². The minimum Gasteiger partial charge on any atom is -0.370 e. The van der Waals surface area contributed by atoms with Gasteiger partial charge in [0.05, 0.1) is 12.2 Å². The van der Waals surface area contributed by atoms with Gasteiger partial charge in [0.15, 0.2) is 0 Å². The molecule has 0 bridgehead atoms. The van der Waals surface area contributed by atoms with Crippen LogP contribution >= 0.6 is 0 Å². The summed E-state index contributed by atoms with van der Waals surface area (Å²) in [5, 5.41) is 3.12. The minimum atomic E-state index is 0.281. The molecule has 0 saturated carbocycles. The first kappa shape index (κ1) is 7.03. The first-order valence-corrected chi connectivity index (χ1v) is 3.61. The Bertz CT molecular complexity index is 88.9. The van der Waals surface area contributed by atoms with E-state index in [0.717, 1.165) is 19.6 Å². The average Bonchev–Trinajstić information content (AvgIpc) is 2.65. The molecule has 1 atom stereocenters. The summed E-state index contributed by atoms with van der Waals surface area (Å²) >= 11 is 0. The van der Waals surface area contributed by atoms with Gasteiger partial charge in [-0.25, -0.2) is 0 Å². The summed E-state index contributed by atoms with van der Waals surface area (Å²) in [5.74, 6) is 0. The molecule has 1 unspecified atom stereocenters. The van der Waals surface area contributed by atoms with E-state index in [0.29, 0.717) is 0 Å². The lowest BCUT2D eigenvalue weighted by Crippen LogP contribution is -2.18. The molecule has 2 heteroatoms. The number of hydrogen-bond acceptors (Lipinski definition) is 2. The zero-order valence-corrected chi connectivity index (χ0v) is 6.24. The van der Waals surface area contributed by atoms with E-state index in [-0.39, 0.29) is 5.60 Å². The Kier molecular flexibility index (Phi) is 2.09. The second-order valence-electron chi connectivity index (χ2n) is 2.68. The molecule has 0 aromatic rings. The van der Waals surface area contributed by atoms with Crippen molar-refractivity contribution in [2.24, 2.45) is 0 Å². The van der Waals surface area contributed by atoms with Crippen molar-refractivity contribution in [2.75, 3.05) is 20.2 Å². The van der Waals surface area contributed by atoms with Crippen molar-refractivity contribution in [1.82, 2.24) is 5.32 Å². The van der Waals surface area contributed by atoms with E-state index >= 15 is 0 Å². The zero-order chi connectivity index (χ0) is 6.74. The predicted octanol–water partition coefficient (Wildman–Crippen LogP) is 0.775. The van der Waals surface area contributed by atoms with Gasteiger partial charge in [-0.05, 0) is 26.4 Å². The maximum absolute atomic E-state index is 5.31. The van der Waals surface area contributed by atoms with Crippen molar-refractivity contribution in [2.45, 2.75) is 25.4 Å². The smallest absolute Gasteiger partial charge is 0.0926 e. The second-order valence-corrected chi connectivity index (χ2v) is 2.68. The van der Waals surface area contributed by atoms with Crippen LogP contribution < -0.4 is 5.32 Å². The van der Waals surface area contributed by atoms with Gasteiger partial charge in [-0.15, -0.1) is 0 Å². The Morgan fingerprint density at radius 2 is 2.33 bits per heavy atom. The Labute approximate surface area is 56.6 Å². The van der Waals surface area contributed by atoms with Crippen molar-refractivity contribution in [1.29, 1.82) is 0 Å². The molecule has 0 aromatic heterocycles. The lowest BCUT2D eigenvalue weighted by molar-refractivity contribution is 0.280. The Morgan fingerprint density at radius 1 is 1.67 bits per heavy atom. The van der Waals surface area contributed by atoms with Gasteiger partial charge >= 0.3 is 0 Å². The number of hydrogen-bond donors (Lipinski definition) is 1. The number of epoxide rings is 1. The highest BCUT2D eigenvalue weighted by Crippen LogP contribution is 2.33. The van der Waals surface area contributed by atoms with Crippen LogP contribution in [0.4, 0.5) is 0 Å². The molecule has 1 rings (SSSR count). The van der Waals surface area contributed by atoms with Gasteiger partial charge in [0, 0.05) is 0 Å². The molecule has 1 aliphatic rings. The topological polar surface area (TPSA) is 24.6 Å². The highest BCUT2D eigenvalue weighted by Gasteiger charge is 2.41. The van der Waals surface area contributed by atoms with Gasteiger partial charge in [0.2, 0.25) is 0 Å². The molecule has 1 saturated heterocycles. The molecule has 9 heavy (non-hydrogen) atoms. The van der Waals surface area contributed by atoms with Crippen LogP contribution in [0.15, 0.2) is 0 Å². The van der Waals surface area contributed by atoms with Gasteiger partial charge in [-0.2, -0.15) is 0 Å². The Morgan fingerprint density at radius 3 is 2.67 bits per heavy atom. The second kappa shape index (κ2) is 2.67. The van der Waals surface area contributed by atoms with Crippen LogP contribution in [0.3, 0.4) is 0 Å². The standard InChI is InChI=1S/C7H15NO/c1-3-7(6-9-7)4-5-8-2/h8H,3-6H2,1-2H3.